The Balaban J connectivity index is 2.65. The van der Waals surface area contributed by atoms with Gasteiger partial charge in [0.15, 0.2) is 0 Å². The molecule has 0 saturated heterocycles. The van der Waals surface area contributed by atoms with Crippen molar-refractivity contribution in [2.45, 2.75) is 0 Å². The lowest BCUT2D eigenvalue weighted by Gasteiger charge is -2.06. The standard InChI is InChI=1S/C11H11ClN2O3S/c1-2-5-18-7-11(15)13-10-4-3-8(14(16)17)6-9(10)12/h2-4,6H,1,5,7H2,(H,13,15). The molecule has 1 N–H and O–H groups in total. The van der Waals surface area contributed by atoms with E-state index in [1.807, 2.05) is 0 Å². The van der Waals surface area contributed by atoms with Gasteiger partial charge in [0, 0.05) is 17.9 Å². The van der Waals surface area contributed by atoms with Crippen LogP contribution < -0.4 is 5.32 Å². The van der Waals surface area contributed by atoms with Gasteiger partial charge in [-0.1, -0.05) is 17.7 Å². The minimum absolute atomic E-state index is 0.112. The minimum atomic E-state index is -0.544. The van der Waals surface area contributed by atoms with Gasteiger partial charge in [0.2, 0.25) is 5.91 Å². The van der Waals surface area contributed by atoms with Crippen molar-refractivity contribution in [2.75, 3.05) is 16.8 Å². The van der Waals surface area contributed by atoms with Crippen LogP contribution in [0, 0.1) is 10.1 Å². The number of nitro benzene ring substituents is 1. The van der Waals surface area contributed by atoms with Gasteiger partial charge in [-0.25, -0.2) is 0 Å². The smallest absolute Gasteiger partial charge is 0.271 e. The number of nitrogens with zero attached hydrogens (tertiary/aromatic N) is 1. The van der Waals surface area contributed by atoms with E-state index in [9.17, 15) is 14.9 Å². The third-order valence-corrected chi connectivity index (χ3v) is 3.16. The van der Waals surface area contributed by atoms with Gasteiger partial charge >= 0.3 is 0 Å². The molecule has 0 spiro atoms. The first-order chi connectivity index (χ1) is 8.54. The number of non-ortho nitro benzene ring substituents is 1. The highest BCUT2D eigenvalue weighted by molar-refractivity contribution is 8.00. The molecule has 1 rings (SSSR count). The maximum atomic E-state index is 11.5. The molecule has 18 heavy (non-hydrogen) atoms. The highest BCUT2D eigenvalue weighted by atomic mass is 35.5. The second kappa shape index (κ2) is 7.03. The second-order valence-electron chi connectivity index (χ2n) is 3.27. The molecule has 0 fully saturated rings. The van der Waals surface area contributed by atoms with E-state index in [4.69, 9.17) is 11.6 Å². The molecule has 5 nitrogen and oxygen atoms in total. The number of carbonyl (C=O) groups excluding carboxylic acids is 1. The molecular weight excluding hydrogens is 276 g/mol. The number of benzene rings is 1. The Kier molecular flexibility index (Phi) is 5.67. The molecule has 96 valence electrons. The van der Waals surface area contributed by atoms with Crippen molar-refractivity contribution in [1.29, 1.82) is 0 Å². The fourth-order valence-electron chi connectivity index (χ4n) is 1.14. The molecular formula is C11H11ClN2O3S. The lowest BCUT2D eigenvalue weighted by Crippen LogP contribution is -2.14. The van der Waals surface area contributed by atoms with Crippen molar-refractivity contribution in [3.05, 3.63) is 46.0 Å². The van der Waals surface area contributed by atoms with Crippen molar-refractivity contribution in [2.24, 2.45) is 0 Å². The van der Waals surface area contributed by atoms with E-state index in [1.165, 1.54) is 30.0 Å². The summed E-state index contributed by atoms with van der Waals surface area (Å²) in [6.45, 7) is 3.54. The first-order valence-electron chi connectivity index (χ1n) is 4.97. The number of carbonyl (C=O) groups is 1. The normalized spacial score (nSPS) is 9.83. The Morgan fingerprint density at radius 3 is 2.89 bits per heavy atom. The van der Waals surface area contributed by atoms with Crippen molar-refractivity contribution < 1.29 is 9.72 Å². The molecule has 7 heteroatoms. The summed E-state index contributed by atoms with van der Waals surface area (Å²) < 4.78 is 0. The third kappa shape index (κ3) is 4.38. The van der Waals surface area contributed by atoms with Gasteiger partial charge < -0.3 is 5.32 Å². The Labute approximate surface area is 113 Å². The molecule has 1 amide bonds. The van der Waals surface area contributed by atoms with Crippen molar-refractivity contribution >= 4 is 40.6 Å². The molecule has 1 aromatic carbocycles. The van der Waals surface area contributed by atoms with E-state index in [1.54, 1.807) is 6.08 Å². The minimum Gasteiger partial charge on any atom is -0.324 e. The maximum Gasteiger partial charge on any atom is 0.271 e. The number of amides is 1. The monoisotopic (exact) mass is 286 g/mol. The van der Waals surface area contributed by atoms with Gasteiger partial charge in [0.05, 0.1) is 21.4 Å². The Morgan fingerprint density at radius 1 is 1.61 bits per heavy atom. The van der Waals surface area contributed by atoms with Gasteiger partial charge in [-0.15, -0.1) is 18.3 Å². The van der Waals surface area contributed by atoms with Gasteiger partial charge in [-0.05, 0) is 6.07 Å². The van der Waals surface area contributed by atoms with Gasteiger partial charge in [0.25, 0.3) is 5.69 Å². The van der Waals surface area contributed by atoms with Gasteiger partial charge in [-0.2, -0.15) is 0 Å². The zero-order chi connectivity index (χ0) is 13.5. The molecule has 0 aliphatic carbocycles. The molecule has 0 radical (unpaired) electrons. The van der Waals surface area contributed by atoms with Crippen LogP contribution in [0.1, 0.15) is 0 Å². The average molecular weight is 287 g/mol. The Bertz CT molecular complexity index is 479. The molecule has 0 bridgehead atoms. The fraction of sp³-hybridized carbons (Fsp3) is 0.182. The van der Waals surface area contributed by atoms with Crippen LogP contribution in [0.4, 0.5) is 11.4 Å². The lowest BCUT2D eigenvalue weighted by atomic mass is 10.3. The molecule has 1 aromatic rings. The van der Waals surface area contributed by atoms with Crippen LogP contribution >= 0.6 is 23.4 Å². The summed E-state index contributed by atoms with van der Waals surface area (Å²) in [5.41, 5.74) is 0.255. The molecule has 0 unspecified atom stereocenters. The number of thioether (sulfide) groups is 1. The number of rotatable bonds is 6. The number of nitrogens with one attached hydrogen (secondary N) is 1. The first kappa shape index (κ1) is 14.5. The summed E-state index contributed by atoms with van der Waals surface area (Å²) in [5.74, 6) is 0.749. The molecule has 0 aliphatic heterocycles. The maximum absolute atomic E-state index is 11.5. The number of nitro groups is 1. The molecule has 0 aliphatic rings. The van der Waals surface area contributed by atoms with E-state index in [0.717, 1.165) is 0 Å². The zero-order valence-corrected chi connectivity index (χ0v) is 11.0. The summed E-state index contributed by atoms with van der Waals surface area (Å²) >= 11 is 7.25. The van der Waals surface area contributed by atoms with Crippen molar-refractivity contribution in [3.8, 4) is 0 Å². The fourth-order valence-corrected chi connectivity index (χ4v) is 1.90. The largest absolute Gasteiger partial charge is 0.324 e. The quantitative estimate of drug-likeness (QED) is 0.377. The summed E-state index contributed by atoms with van der Waals surface area (Å²) in [4.78, 5) is 21.5. The van der Waals surface area contributed by atoms with Crippen LogP contribution in [0.2, 0.25) is 5.02 Å². The van der Waals surface area contributed by atoms with E-state index in [2.05, 4.69) is 11.9 Å². The number of hydrogen-bond donors (Lipinski definition) is 1. The summed E-state index contributed by atoms with van der Waals surface area (Å²) in [7, 11) is 0. The van der Waals surface area contributed by atoms with Crippen molar-refractivity contribution in [3.63, 3.8) is 0 Å². The number of anilines is 1. The third-order valence-electron chi connectivity index (χ3n) is 1.91. The Hall–Kier alpha value is -1.53. The predicted molar refractivity (Wildman–Crippen MR) is 74.3 cm³/mol. The predicted octanol–water partition coefficient (Wildman–Crippen LogP) is 3.11. The zero-order valence-electron chi connectivity index (χ0n) is 9.39. The van der Waals surface area contributed by atoms with Crippen LogP contribution in [0.15, 0.2) is 30.9 Å². The summed E-state index contributed by atoms with van der Waals surface area (Å²) in [5, 5.41) is 13.2. The summed E-state index contributed by atoms with van der Waals surface area (Å²) in [6, 6.07) is 3.91. The van der Waals surface area contributed by atoms with Gasteiger partial charge in [-0.3, -0.25) is 14.9 Å². The van der Waals surface area contributed by atoms with Crippen LogP contribution in [0.25, 0.3) is 0 Å². The number of halogens is 1. The second-order valence-corrected chi connectivity index (χ2v) is 4.71. The molecule has 0 aromatic heterocycles. The van der Waals surface area contributed by atoms with Crippen LogP contribution in [-0.4, -0.2) is 22.3 Å². The average Bonchev–Trinajstić information content (AvgIpc) is 2.32. The highest BCUT2D eigenvalue weighted by Gasteiger charge is 2.11. The van der Waals surface area contributed by atoms with Crippen LogP contribution in [0.3, 0.4) is 0 Å². The van der Waals surface area contributed by atoms with E-state index in [-0.39, 0.29) is 22.4 Å². The van der Waals surface area contributed by atoms with E-state index in [0.29, 0.717) is 11.4 Å². The van der Waals surface area contributed by atoms with Gasteiger partial charge in [0.1, 0.15) is 0 Å². The van der Waals surface area contributed by atoms with Crippen LogP contribution in [-0.2, 0) is 4.79 Å². The highest BCUT2D eigenvalue weighted by Crippen LogP contribution is 2.26. The lowest BCUT2D eigenvalue weighted by molar-refractivity contribution is -0.384. The van der Waals surface area contributed by atoms with E-state index < -0.39 is 4.92 Å². The van der Waals surface area contributed by atoms with Crippen LogP contribution in [0.5, 0.6) is 0 Å². The van der Waals surface area contributed by atoms with Crippen molar-refractivity contribution in [1.82, 2.24) is 0 Å². The number of hydrogen-bond acceptors (Lipinski definition) is 4. The Morgan fingerprint density at radius 2 is 2.33 bits per heavy atom. The first-order valence-corrected chi connectivity index (χ1v) is 6.50. The topological polar surface area (TPSA) is 72.2 Å². The molecule has 0 heterocycles. The SMILES string of the molecule is C=CCSCC(=O)Nc1ccc([N+](=O)[O-])cc1Cl. The molecule has 0 saturated carbocycles. The summed E-state index contributed by atoms with van der Waals surface area (Å²) in [6.07, 6.45) is 1.71. The van der Waals surface area contributed by atoms with E-state index >= 15 is 0 Å². The molecule has 0 atom stereocenters.